The van der Waals surface area contributed by atoms with Crippen molar-refractivity contribution in [1.82, 2.24) is 15.2 Å². The van der Waals surface area contributed by atoms with Gasteiger partial charge in [-0.3, -0.25) is 14.5 Å². The highest BCUT2D eigenvalue weighted by atomic mass is 32.1. The summed E-state index contributed by atoms with van der Waals surface area (Å²) in [5.74, 6) is 1.03. The molecular weight excluding hydrogens is 434 g/mol. The normalized spacial score (nSPS) is 22.7. The highest BCUT2D eigenvalue weighted by Crippen LogP contribution is 2.41. The minimum Gasteiger partial charge on any atom is -0.379 e. The zero-order chi connectivity index (χ0) is 23.7. The van der Waals surface area contributed by atoms with E-state index < -0.39 is 0 Å². The van der Waals surface area contributed by atoms with Gasteiger partial charge >= 0.3 is 0 Å². The summed E-state index contributed by atoms with van der Waals surface area (Å²) in [7, 11) is 1.81. The van der Waals surface area contributed by atoms with Crippen molar-refractivity contribution in [3.05, 3.63) is 54.6 Å². The standard InChI is InChI=1S/C26H37N3O3S/c1-15-10-16(2)28-26(31)22(15)11-27-25(30)23-14-33-24(18(23)4)17(3)19-6-8-20(9-7-19)29-12-21(13-29)32-5/h10,14,17,19-21H,6-9,11-13H2,1-5H3,(H,27,30)(H,28,31)/t17-,19?,20?/m1/s1. The van der Waals surface area contributed by atoms with E-state index in [1.165, 1.54) is 30.6 Å². The fraction of sp³-hybridized carbons (Fsp3) is 0.615. The quantitative estimate of drug-likeness (QED) is 0.632. The molecule has 1 saturated carbocycles. The number of hydrogen-bond donors (Lipinski definition) is 2. The van der Waals surface area contributed by atoms with Crippen LogP contribution in [0.25, 0.3) is 0 Å². The van der Waals surface area contributed by atoms with Crippen LogP contribution in [0.4, 0.5) is 0 Å². The van der Waals surface area contributed by atoms with Crippen LogP contribution in [0.15, 0.2) is 16.2 Å². The fourth-order valence-corrected chi connectivity index (χ4v) is 6.79. The Morgan fingerprint density at radius 1 is 1.24 bits per heavy atom. The molecule has 2 N–H and O–H groups in total. The predicted molar refractivity (Wildman–Crippen MR) is 133 cm³/mol. The molecule has 2 aromatic heterocycles. The van der Waals surface area contributed by atoms with Crippen molar-refractivity contribution < 1.29 is 9.53 Å². The van der Waals surface area contributed by atoms with Gasteiger partial charge in [0.1, 0.15) is 0 Å². The van der Waals surface area contributed by atoms with E-state index in [-0.39, 0.29) is 18.0 Å². The molecule has 1 aliphatic carbocycles. The number of ether oxygens (including phenoxy) is 1. The first kappa shape index (κ1) is 24.2. The number of amides is 1. The van der Waals surface area contributed by atoms with Crippen LogP contribution < -0.4 is 10.9 Å². The number of aromatic nitrogens is 1. The molecule has 2 fully saturated rings. The Morgan fingerprint density at radius 3 is 2.58 bits per heavy atom. The second kappa shape index (κ2) is 10.1. The van der Waals surface area contributed by atoms with Crippen LogP contribution in [0, 0.1) is 26.7 Å². The van der Waals surface area contributed by atoms with Gasteiger partial charge < -0.3 is 15.0 Å². The van der Waals surface area contributed by atoms with Crippen LogP contribution in [0.2, 0.25) is 0 Å². The molecule has 1 atom stereocenters. The second-order valence-corrected chi connectivity index (χ2v) is 10.8. The van der Waals surface area contributed by atoms with E-state index >= 15 is 0 Å². The Kier molecular flexibility index (Phi) is 7.41. The van der Waals surface area contributed by atoms with Crippen molar-refractivity contribution >= 4 is 17.2 Å². The van der Waals surface area contributed by atoms with Gasteiger partial charge in [-0.05, 0) is 75.5 Å². The van der Waals surface area contributed by atoms with E-state index in [1.54, 1.807) is 11.3 Å². The lowest BCUT2D eigenvalue weighted by atomic mass is 9.77. The first-order valence-electron chi connectivity index (χ1n) is 12.1. The lowest BCUT2D eigenvalue weighted by molar-refractivity contribution is -0.0600. The summed E-state index contributed by atoms with van der Waals surface area (Å²) >= 11 is 1.71. The lowest BCUT2D eigenvalue weighted by Gasteiger charge is -2.46. The molecule has 1 amide bonds. The van der Waals surface area contributed by atoms with Crippen LogP contribution >= 0.6 is 11.3 Å². The minimum atomic E-state index is -0.129. The molecule has 4 rings (SSSR count). The molecule has 7 heteroatoms. The van der Waals surface area contributed by atoms with Crippen LogP contribution in [-0.2, 0) is 11.3 Å². The minimum absolute atomic E-state index is 0.101. The molecule has 2 aliphatic rings. The maximum Gasteiger partial charge on any atom is 0.253 e. The van der Waals surface area contributed by atoms with Gasteiger partial charge in [-0.25, -0.2) is 0 Å². The average Bonchev–Trinajstić information content (AvgIpc) is 3.13. The largest absolute Gasteiger partial charge is 0.379 e. The Bertz CT molecular complexity index is 1050. The van der Waals surface area contributed by atoms with Gasteiger partial charge in [0.05, 0.1) is 11.7 Å². The summed E-state index contributed by atoms with van der Waals surface area (Å²) in [5, 5.41) is 4.95. The fourth-order valence-electron chi connectivity index (χ4n) is 5.57. The number of carbonyl (C=O) groups is 1. The summed E-state index contributed by atoms with van der Waals surface area (Å²) in [6.45, 7) is 10.6. The number of thiophene rings is 1. The maximum atomic E-state index is 12.9. The molecule has 33 heavy (non-hydrogen) atoms. The maximum absolute atomic E-state index is 12.9. The molecule has 1 saturated heterocycles. The summed E-state index contributed by atoms with van der Waals surface area (Å²) in [6, 6.07) is 2.64. The average molecular weight is 472 g/mol. The molecule has 6 nitrogen and oxygen atoms in total. The molecular formula is C26H37N3O3S. The highest BCUT2D eigenvalue weighted by molar-refractivity contribution is 7.10. The SMILES string of the molecule is COC1CN(C2CCC([C@@H](C)c3scc(C(=O)NCc4c(C)cc(C)[nH]c4=O)c3C)CC2)C1. The number of rotatable bonds is 7. The number of methoxy groups -OCH3 is 1. The van der Waals surface area contributed by atoms with E-state index in [1.807, 2.05) is 32.4 Å². The van der Waals surface area contributed by atoms with E-state index in [4.69, 9.17) is 4.74 Å². The number of hydrogen-bond acceptors (Lipinski definition) is 5. The third-order valence-corrected chi connectivity index (χ3v) is 9.12. The number of nitrogens with one attached hydrogen (secondary N) is 2. The van der Waals surface area contributed by atoms with E-state index in [2.05, 4.69) is 29.0 Å². The first-order chi connectivity index (χ1) is 15.8. The smallest absolute Gasteiger partial charge is 0.253 e. The predicted octanol–water partition coefficient (Wildman–Crippen LogP) is 4.28. The first-order valence-corrected chi connectivity index (χ1v) is 13.0. The van der Waals surface area contributed by atoms with Crippen LogP contribution in [0.1, 0.15) is 76.1 Å². The van der Waals surface area contributed by atoms with Gasteiger partial charge in [0, 0.05) is 54.3 Å². The van der Waals surface area contributed by atoms with Gasteiger partial charge in [-0.2, -0.15) is 0 Å². The molecule has 180 valence electrons. The van der Waals surface area contributed by atoms with Gasteiger partial charge in [0.15, 0.2) is 0 Å². The molecule has 2 aromatic rings. The van der Waals surface area contributed by atoms with Crippen molar-refractivity contribution in [2.75, 3.05) is 20.2 Å². The lowest BCUT2D eigenvalue weighted by Crippen LogP contribution is -2.56. The molecule has 0 aromatic carbocycles. The number of H-pyrrole nitrogens is 1. The van der Waals surface area contributed by atoms with Gasteiger partial charge in [-0.1, -0.05) is 6.92 Å². The van der Waals surface area contributed by atoms with Crippen LogP contribution in [0.5, 0.6) is 0 Å². The molecule has 0 radical (unpaired) electrons. The number of aromatic amines is 1. The van der Waals surface area contributed by atoms with Crippen LogP contribution in [-0.4, -0.2) is 48.1 Å². The van der Waals surface area contributed by atoms with Crippen molar-refractivity contribution in [2.24, 2.45) is 5.92 Å². The third-order valence-electron chi connectivity index (χ3n) is 7.83. The Hall–Kier alpha value is -1.96. The number of carbonyl (C=O) groups excluding carboxylic acids is 1. The van der Waals surface area contributed by atoms with E-state index in [9.17, 15) is 9.59 Å². The Balaban J connectivity index is 1.34. The molecule has 1 aliphatic heterocycles. The molecule has 3 heterocycles. The van der Waals surface area contributed by atoms with Crippen molar-refractivity contribution in [1.29, 1.82) is 0 Å². The molecule has 0 bridgehead atoms. The number of pyridine rings is 1. The Labute approximate surface area is 200 Å². The summed E-state index contributed by atoms with van der Waals surface area (Å²) in [4.78, 5) is 31.9. The van der Waals surface area contributed by atoms with Crippen molar-refractivity contribution in [3.63, 3.8) is 0 Å². The van der Waals surface area contributed by atoms with Gasteiger partial charge in [0.25, 0.3) is 11.5 Å². The van der Waals surface area contributed by atoms with Crippen molar-refractivity contribution in [3.8, 4) is 0 Å². The zero-order valence-corrected chi connectivity index (χ0v) is 21.3. The third kappa shape index (κ3) is 5.10. The van der Waals surface area contributed by atoms with Gasteiger partial charge in [-0.15, -0.1) is 11.3 Å². The second-order valence-electron chi connectivity index (χ2n) is 9.93. The molecule has 0 spiro atoms. The molecule has 0 unspecified atom stereocenters. The highest BCUT2D eigenvalue weighted by Gasteiger charge is 2.36. The summed E-state index contributed by atoms with van der Waals surface area (Å²) < 4.78 is 5.43. The zero-order valence-electron chi connectivity index (χ0n) is 20.5. The summed E-state index contributed by atoms with van der Waals surface area (Å²) in [6.07, 6.45) is 5.43. The Morgan fingerprint density at radius 2 is 1.94 bits per heavy atom. The van der Waals surface area contributed by atoms with E-state index in [0.717, 1.165) is 35.5 Å². The number of nitrogens with zero attached hydrogens (tertiary/aromatic N) is 1. The van der Waals surface area contributed by atoms with Gasteiger partial charge in [0.2, 0.25) is 0 Å². The number of likely N-dealkylation sites (tertiary alicyclic amines) is 1. The number of aryl methyl sites for hydroxylation is 2. The topological polar surface area (TPSA) is 74.4 Å². The summed E-state index contributed by atoms with van der Waals surface area (Å²) in [5.41, 5.74) is 4.05. The monoisotopic (exact) mass is 471 g/mol. The van der Waals surface area contributed by atoms with Crippen LogP contribution in [0.3, 0.4) is 0 Å². The van der Waals surface area contributed by atoms with Crippen molar-refractivity contribution in [2.45, 2.75) is 78.0 Å². The van der Waals surface area contributed by atoms with E-state index in [0.29, 0.717) is 29.5 Å².